The SMILES string of the molecule is CCOc1ccc2ccc(OCC)c(C=c3sc4nc5ccccc5n4c3=O)c2c1. The summed E-state index contributed by atoms with van der Waals surface area (Å²) >= 11 is 1.39. The van der Waals surface area contributed by atoms with Crippen molar-refractivity contribution in [2.45, 2.75) is 13.8 Å². The van der Waals surface area contributed by atoms with Gasteiger partial charge in [0.25, 0.3) is 5.56 Å². The molecule has 0 spiro atoms. The van der Waals surface area contributed by atoms with E-state index in [1.807, 2.05) is 74.5 Å². The first-order chi connectivity index (χ1) is 14.7. The molecule has 2 heterocycles. The van der Waals surface area contributed by atoms with Gasteiger partial charge in [0.15, 0.2) is 4.96 Å². The third kappa shape index (κ3) is 3.00. The topological polar surface area (TPSA) is 52.8 Å². The highest BCUT2D eigenvalue weighted by Gasteiger charge is 2.13. The molecule has 5 rings (SSSR count). The number of nitrogens with zero attached hydrogens (tertiary/aromatic N) is 2. The number of fused-ring (bicyclic) bond motifs is 4. The predicted octanol–water partition coefficient (Wildman–Crippen LogP) is 4.41. The zero-order chi connectivity index (χ0) is 20.7. The lowest BCUT2D eigenvalue weighted by atomic mass is 10.0. The van der Waals surface area contributed by atoms with Crippen LogP contribution in [0.15, 0.2) is 59.4 Å². The van der Waals surface area contributed by atoms with E-state index >= 15 is 0 Å². The van der Waals surface area contributed by atoms with Crippen LogP contribution in [-0.4, -0.2) is 22.6 Å². The standard InChI is InChI=1S/C24H20N2O3S/c1-3-28-16-11-9-15-10-12-21(29-4-2)18(17(15)13-16)14-22-23(27)26-20-8-6-5-7-19(20)25-24(26)30-22/h5-14H,3-4H2,1-2H3. The summed E-state index contributed by atoms with van der Waals surface area (Å²) < 4.78 is 13.9. The van der Waals surface area contributed by atoms with Crippen LogP contribution in [-0.2, 0) is 0 Å². The van der Waals surface area contributed by atoms with Crippen molar-refractivity contribution in [1.82, 2.24) is 9.38 Å². The molecule has 0 aliphatic rings. The molecule has 0 fully saturated rings. The number of para-hydroxylation sites is 2. The number of benzene rings is 3. The zero-order valence-electron chi connectivity index (χ0n) is 16.7. The maximum Gasteiger partial charge on any atom is 0.274 e. The Labute approximate surface area is 176 Å². The molecule has 0 saturated carbocycles. The number of imidazole rings is 1. The average Bonchev–Trinajstić information content (AvgIpc) is 3.26. The normalized spacial score (nSPS) is 12.3. The van der Waals surface area contributed by atoms with Crippen LogP contribution in [0.2, 0.25) is 0 Å². The maximum absolute atomic E-state index is 13.2. The van der Waals surface area contributed by atoms with Crippen molar-refractivity contribution in [3.63, 3.8) is 0 Å². The van der Waals surface area contributed by atoms with Crippen molar-refractivity contribution in [3.8, 4) is 11.5 Å². The molecular weight excluding hydrogens is 396 g/mol. The van der Waals surface area contributed by atoms with Crippen molar-refractivity contribution in [1.29, 1.82) is 0 Å². The van der Waals surface area contributed by atoms with E-state index in [1.54, 1.807) is 4.40 Å². The highest BCUT2D eigenvalue weighted by molar-refractivity contribution is 7.15. The number of thiazole rings is 1. The second kappa shape index (κ2) is 7.46. The van der Waals surface area contributed by atoms with Gasteiger partial charge in [-0.15, -0.1) is 0 Å². The largest absolute Gasteiger partial charge is 0.494 e. The molecule has 3 aromatic carbocycles. The van der Waals surface area contributed by atoms with Crippen LogP contribution in [0.5, 0.6) is 11.5 Å². The Kier molecular flexibility index (Phi) is 4.64. The van der Waals surface area contributed by atoms with Gasteiger partial charge in [-0.1, -0.05) is 35.6 Å². The van der Waals surface area contributed by atoms with Crippen LogP contribution < -0.4 is 19.6 Å². The van der Waals surface area contributed by atoms with Crippen molar-refractivity contribution in [2.24, 2.45) is 0 Å². The fourth-order valence-corrected chi connectivity index (χ4v) is 4.70. The average molecular weight is 417 g/mol. The number of ether oxygens (including phenoxy) is 2. The van der Waals surface area contributed by atoms with Crippen LogP contribution in [0.4, 0.5) is 0 Å². The van der Waals surface area contributed by atoms with E-state index in [0.29, 0.717) is 22.7 Å². The first kappa shape index (κ1) is 18.6. The van der Waals surface area contributed by atoms with Gasteiger partial charge < -0.3 is 9.47 Å². The van der Waals surface area contributed by atoms with Crippen molar-refractivity contribution >= 4 is 44.2 Å². The lowest BCUT2D eigenvalue weighted by Crippen LogP contribution is -2.22. The smallest absolute Gasteiger partial charge is 0.274 e. The highest BCUT2D eigenvalue weighted by atomic mass is 32.1. The molecule has 5 nitrogen and oxygen atoms in total. The Morgan fingerprint density at radius 3 is 2.67 bits per heavy atom. The van der Waals surface area contributed by atoms with Gasteiger partial charge in [0.1, 0.15) is 11.5 Å². The van der Waals surface area contributed by atoms with Gasteiger partial charge in [-0.3, -0.25) is 4.79 Å². The van der Waals surface area contributed by atoms with Crippen molar-refractivity contribution in [3.05, 3.63) is 75.0 Å². The molecule has 0 radical (unpaired) electrons. The molecule has 0 saturated heterocycles. The number of aromatic nitrogens is 2. The van der Waals surface area contributed by atoms with E-state index in [9.17, 15) is 4.79 Å². The van der Waals surface area contributed by atoms with Crippen LogP contribution in [0.25, 0.3) is 32.8 Å². The minimum absolute atomic E-state index is 0.0656. The molecule has 0 amide bonds. The predicted molar refractivity (Wildman–Crippen MR) is 122 cm³/mol. The maximum atomic E-state index is 13.2. The molecule has 0 bridgehead atoms. The monoisotopic (exact) mass is 416 g/mol. The van der Waals surface area contributed by atoms with E-state index in [1.165, 1.54) is 11.3 Å². The molecule has 0 atom stereocenters. The van der Waals surface area contributed by atoms with Crippen LogP contribution in [0, 0.1) is 0 Å². The summed E-state index contributed by atoms with van der Waals surface area (Å²) in [4.78, 5) is 18.5. The van der Waals surface area contributed by atoms with Gasteiger partial charge in [0.2, 0.25) is 0 Å². The zero-order valence-corrected chi connectivity index (χ0v) is 17.5. The minimum Gasteiger partial charge on any atom is -0.494 e. The van der Waals surface area contributed by atoms with E-state index in [2.05, 4.69) is 4.98 Å². The third-order valence-electron chi connectivity index (χ3n) is 5.03. The molecule has 6 heteroatoms. The lowest BCUT2D eigenvalue weighted by molar-refractivity contribution is 0.339. The van der Waals surface area contributed by atoms with Gasteiger partial charge in [-0.05, 0) is 61.0 Å². The summed E-state index contributed by atoms with van der Waals surface area (Å²) in [6.45, 7) is 5.05. The van der Waals surface area contributed by atoms with Gasteiger partial charge in [0, 0.05) is 5.56 Å². The molecular formula is C24H20N2O3S. The molecule has 30 heavy (non-hydrogen) atoms. The Morgan fingerprint density at radius 1 is 1.03 bits per heavy atom. The van der Waals surface area contributed by atoms with Gasteiger partial charge in [-0.25, -0.2) is 9.38 Å². The number of hydrogen-bond donors (Lipinski definition) is 0. The van der Waals surface area contributed by atoms with Gasteiger partial charge in [0.05, 0.1) is 28.8 Å². The second-order valence-corrected chi connectivity index (χ2v) is 7.87. The molecule has 0 aliphatic carbocycles. The van der Waals surface area contributed by atoms with Crippen LogP contribution in [0.1, 0.15) is 19.4 Å². The fraction of sp³-hybridized carbons (Fsp3) is 0.167. The van der Waals surface area contributed by atoms with Crippen LogP contribution >= 0.6 is 11.3 Å². The summed E-state index contributed by atoms with van der Waals surface area (Å²) in [6.07, 6.45) is 1.92. The Hall–Kier alpha value is -3.38. The Balaban J connectivity index is 1.80. The van der Waals surface area contributed by atoms with Gasteiger partial charge in [-0.2, -0.15) is 0 Å². The Morgan fingerprint density at radius 2 is 1.83 bits per heavy atom. The van der Waals surface area contributed by atoms with E-state index in [0.717, 1.165) is 38.9 Å². The number of hydrogen-bond acceptors (Lipinski definition) is 5. The summed E-state index contributed by atoms with van der Waals surface area (Å²) in [7, 11) is 0. The fourth-order valence-electron chi connectivity index (χ4n) is 3.73. The van der Waals surface area contributed by atoms with Crippen molar-refractivity contribution in [2.75, 3.05) is 13.2 Å². The second-order valence-electron chi connectivity index (χ2n) is 6.86. The summed E-state index contributed by atoms with van der Waals surface area (Å²) in [5.74, 6) is 1.54. The van der Waals surface area contributed by atoms with E-state index in [-0.39, 0.29) is 5.56 Å². The number of rotatable bonds is 5. The molecule has 0 aliphatic heterocycles. The lowest BCUT2D eigenvalue weighted by Gasteiger charge is -2.12. The third-order valence-corrected chi connectivity index (χ3v) is 5.99. The molecule has 2 aromatic heterocycles. The van der Waals surface area contributed by atoms with Crippen LogP contribution in [0.3, 0.4) is 0 Å². The molecule has 5 aromatic rings. The summed E-state index contributed by atoms with van der Waals surface area (Å²) in [6, 6.07) is 17.7. The highest BCUT2D eigenvalue weighted by Crippen LogP contribution is 2.32. The van der Waals surface area contributed by atoms with E-state index in [4.69, 9.17) is 9.47 Å². The quantitative estimate of drug-likeness (QED) is 0.426. The van der Waals surface area contributed by atoms with E-state index < -0.39 is 0 Å². The van der Waals surface area contributed by atoms with Crippen molar-refractivity contribution < 1.29 is 9.47 Å². The minimum atomic E-state index is -0.0656. The molecule has 0 N–H and O–H groups in total. The Bertz CT molecular complexity index is 1500. The molecule has 0 unspecified atom stereocenters. The van der Waals surface area contributed by atoms with Gasteiger partial charge >= 0.3 is 0 Å². The summed E-state index contributed by atoms with van der Waals surface area (Å²) in [5.41, 5.74) is 2.47. The first-order valence-electron chi connectivity index (χ1n) is 9.93. The summed E-state index contributed by atoms with van der Waals surface area (Å²) in [5, 5.41) is 2.05. The molecule has 150 valence electrons. The first-order valence-corrected chi connectivity index (χ1v) is 10.8.